The summed E-state index contributed by atoms with van der Waals surface area (Å²) >= 11 is 0. The maximum absolute atomic E-state index is 6.47. The summed E-state index contributed by atoms with van der Waals surface area (Å²) in [7, 11) is 0.0597. The molecule has 0 unspecified atom stereocenters. The first kappa shape index (κ1) is 14.5. The first-order valence-corrected chi connectivity index (χ1v) is 9.04. The minimum Gasteiger partial charge on any atom is -0.405 e. The van der Waals surface area contributed by atoms with Crippen LogP contribution in [-0.2, 0) is 9.31 Å². The summed E-state index contributed by atoms with van der Waals surface area (Å²) in [6.07, 6.45) is 7.93. The Morgan fingerprint density at radius 1 is 1.24 bits per heavy atom. The highest BCUT2D eigenvalue weighted by atomic mass is 16.7. The van der Waals surface area contributed by atoms with E-state index in [1.165, 1.54) is 45.2 Å². The van der Waals surface area contributed by atoms with E-state index in [1.807, 2.05) is 0 Å². The lowest BCUT2D eigenvalue weighted by Crippen LogP contribution is -2.65. The summed E-state index contributed by atoms with van der Waals surface area (Å²) in [5.41, 5.74) is 0.441. The van der Waals surface area contributed by atoms with Gasteiger partial charge < -0.3 is 14.6 Å². The van der Waals surface area contributed by atoms with E-state index in [0.29, 0.717) is 17.4 Å². The molecule has 2 saturated heterocycles. The average molecular weight is 291 g/mol. The van der Waals surface area contributed by atoms with Gasteiger partial charge in [-0.3, -0.25) is 0 Å². The summed E-state index contributed by atoms with van der Waals surface area (Å²) < 4.78 is 12.8. The quantitative estimate of drug-likeness (QED) is 0.807. The van der Waals surface area contributed by atoms with Crippen molar-refractivity contribution in [2.45, 2.75) is 70.9 Å². The zero-order valence-corrected chi connectivity index (χ0v) is 13.9. The molecule has 2 aliphatic heterocycles. The monoisotopic (exact) mass is 291 g/mol. The second-order valence-electron chi connectivity index (χ2n) is 8.69. The van der Waals surface area contributed by atoms with E-state index < -0.39 is 0 Å². The molecule has 3 nitrogen and oxygen atoms in total. The normalized spacial score (nSPS) is 47.3. The van der Waals surface area contributed by atoms with Crippen LogP contribution in [0.2, 0.25) is 6.32 Å². The van der Waals surface area contributed by atoms with Gasteiger partial charge in [0, 0.05) is 0 Å². The lowest BCUT2D eigenvalue weighted by Gasteiger charge is -2.64. The minimum atomic E-state index is -0.0160. The zero-order chi connectivity index (χ0) is 14.7. The Balaban J connectivity index is 1.32. The zero-order valence-electron chi connectivity index (χ0n) is 13.9. The van der Waals surface area contributed by atoms with Crippen molar-refractivity contribution in [1.29, 1.82) is 0 Å². The molecule has 4 heteroatoms. The van der Waals surface area contributed by atoms with E-state index >= 15 is 0 Å². The second-order valence-corrected chi connectivity index (χ2v) is 8.69. The molecule has 0 aromatic rings. The Hall–Kier alpha value is -0.0551. The highest BCUT2D eigenvalue weighted by Crippen LogP contribution is 2.65. The van der Waals surface area contributed by atoms with Crippen molar-refractivity contribution in [2.24, 2.45) is 23.2 Å². The SMILES string of the molecule is CC1(C)[C@H]2C[C@@H]3OB(CCC[C@@H]4CCNC4)O[C@]3(C)[C@@H]1C2. The maximum Gasteiger partial charge on any atom is 0.457 e. The average Bonchev–Trinajstić information content (AvgIpc) is 3.04. The Morgan fingerprint density at radius 2 is 2.10 bits per heavy atom. The molecule has 0 amide bonds. The fourth-order valence-corrected chi connectivity index (χ4v) is 5.61. The molecule has 5 aliphatic rings. The maximum atomic E-state index is 6.47. The Morgan fingerprint density at radius 3 is 2.81 bits per heavy atom. The van der Waals surface area contributed by atoms with Crippen LogP contribution in [0.5, 0.6) is 0 Å². The van der Waals surface area contributed by atoms with Gasteiger partial charge in [-0.05, 0) is 75.2 Å². The van der Waals surface area contributed by atoms with Gasteiger partial charge >= 0.3 is 7.12 Å². The van der Waals surface area contributed by atoms with E-state index in [0.717, 1.165) is 18.2 Å². The Bertz CT molecular complexity index is 410. The molecule has 5 atom stereocenters. The molecule has 2 bridgehead atoms. The molecule has 3 saturated carbocycles. The van der Waals surface area contributed by atoms with Gasteiger partial charge in [-0.2, -0.15) is 0 Å². The van der Waals surface area contributed by atoms with Crippen LogP contribution in [-0.4, -0.2) is 31.9 Å². The van der Waals surface area contributed by atoms with Crippen LogP contribution in [0.3, 0.4) is 0 Å². The first-order chi connectivity index (χ1) is 10.00. The van der Waals surface area contributed by atoms with Crippen LogP contribution in [0.15, 0.2) is 0 Å². The van der Waals surface area contributed by atoms with Crippen LogP contribution in [0.25, 0.3) is 0 Å². The van der Waals surface area contributed by atoms with Gasteiger partial charge in [-0.1, -0.05) is 20.3 Å². The molecule has 0 radical (unpaired) electrons. The van der Waals surface area contributed by atoms with Crippen LogP contribution >= 0.6 is 0 Å². The number of hydrogen-bond acceptors (Lipinski definition) is 3. The van der Waals surface area contributed by atoms with Crippen molar-refractivity contribution < 1.29 is 9.31 Å². The standard InChI is InChI=1S/C17H30BNO2/c1-16(2)13-9-14(16)17(3)15(10-13)20-18(21-17)7-4-5-12-6-8-19-11-12/h12-15,19H,4-11H2,1-3H3/t12-,13-,14-,15+,17-/m1/s1. The highest BCUT2D eigenvalue weighted by Gasteiger charge is 2.67. The molecule has 0 aromatic heterocycles. The number of rotatable bonds is 4. The Kier molecular flexibility index (Phi) is 3.44. The third-order valence-electron chi connectivity index (χ3n) is 7.22. The molecule has 2 heterocycles. The van der Waals surface area contributed by atoms with Crippen molar-refractivity contribution in [2.75, 3.05) is 13.1 Å². The van der Waals surface area contributed by atoms with Gasteiger partial charge in [0.1, 0.15) is 0 Å². The van der Waals surface area contributed by atoms with Gasteiger partial charge in [0.15, 0.2) is 0 Å². The van der Waals surface area contributed by atoms with Gasteiger partial charge in [0.25, 0.3) is 0 Å². The smallest absolute Gasteiger partial charge is 0.405 e. The van der Waals surface area contributed by atoms with Crippen molar-refractivity contribution in [3.63, 3.8) is 0 Å². The van der Waals surface area contributed by atoms with Gasteiger partial charge in [-0.25, -0.2) is 0 Å². The number of nitrogens with one attached hydrogen (secondary N) is 1. The van der Waals surface area contributed by atoms with Gasteiger partial charge in [0.05, 0.1) is 11.7 Å². The van der Waals surface area contributed by atoms with E-state index in [-0.39, 0.29) is 12.7 Å². The summed E-state index contributed by atoms with van der Waals surface area (Å²) in [6.45, 7) is 9.60. The topological polar surface area (TPSA) is 30.5 Å². The van der Waals surface area contributed by atoms with Crippen molar-refractivity contribution in [3.05, 3.63) is 0 Å². The van der Waals surface area contributed by atoms with Gasteiger partial charge in [0.2, 0.25) is 0 Å². The summed E-state index contributed by atoms with van der Waals surface area (Å²) in [5, 5.41) is 3.46. The van der Waals surface area contributed by atoms with Crippen LogP contribution in [0.4, 0.5) is 0 Å². The van der Waals surface area contributed by atoms with E-state index in [1.54, 1.807) is 0 Å². The molecule has 5 rings (SSSR count). The lowest BCUT2D eigenvalue weighted by atomic mass is 9.43. The second kappa shape index (κ2) is 4.97. The van der Waals surface area contributed by atoms with Crippen molar-refractivity contribution >= 4 is 7.12 Å². The molecule has 3 aliphatic carbocycles. The molecular formula is C17H30BNO2. The van der Waals surface area contributed by atoms with Crippen molar-refractivity contribution in [3.8, 4) is 0 Å². The molecule has 0 aromatic carbocycles. The molecule has 0 spiro atoms. The lowest BCUT2D eigenvalue weighted by molar-refractivity contribution is -0.199. The third kappa shape index (κ3) is 2.21. The fourth-order valence-electron chi connectivity index (χ4n) is 5.61. The highest BCUT2D eigenvalue weighted by molar-refractivity contribution is 6.45. The van der Waals surface area contributed by atoms with E-state index in [2.05, 4.69) is 26.1 Å². The molecular weight excluding hydrogens is 261 g/mol. The Labute approximate surface area is 129 Å². The van der Waals surface area contributed by atoms with Crippen LogP contribution in [0, 0.1) is 23.2 Å². The van der Waals surface area contributed by atoms with E-state index in [9.17, 15) is 0 Å². The molecule has 21 heavy (non-hydrogen) atoms. The number of hydrogen-bond donors (Lipinski definition) is 1. The molecule has 1 N–H and O–H groups in total. The fraction of sp³-hybridized carbons (Fsp3) is 1.00. The van der Waals surface area contributed by atoms with Crippen LogP contribution in [0.1, 0.15) is 52.9 Å². The molecule has 5 fully saturated rings. The van der Waals surface area contributed by atoms with Crippen LogP contribution < -0.4 is 5.32 Å². The van der Waals surface area contributed by atoms with Gasteiger partial charge in [-0.15, -0.1) is 0 Å². The summed E-state index contributed by atoms with van der Waals surface area (Å²) in [4.78, 5) is 0. The largest absolute Gasteiger partial charge is 0.457 e. The first-order valence-electron chi connectivity index (χ1n) is 9.04. The molecule has 118 valence electrons. The summed E-state index contributed by atoms with van der Waals surface area (Å²) in [5.74, 6) is 2.43. The van der Waals surface area contributed by atoms with E-state index in [4.69, 9.17) is 9.31 Å². The third-order valence-corrected chi connectivity index (χ3v) is 7.22. The predicted octanol–water partition coefficient (Wildman–Crippen LogP) is 3.10. The predicted molar refractivity (Wildman–Crippen MR) is 85.1 cm³/mol. The minimum absolute atomic E-state index is 0.0160. The van der Waals surface area contributed by atoms with Crippen molar-refractivity contribution in [1.82, 2.24) is 5.32 Å². The summed E-state index contributed by atoms with van der Waals surface area (Å²) in [6, 6.07) is 0.